The van der Waals surface area contributed by atoms with Crippen LogP contribution in [-0.4, -0.2) is 50.9 Å². The average Bonchev–Trinajstić information content (AvgIpc) is 2.67. The Bertz CT molecular complexity index is 1060. The van der Waals surface area contributed by atoms with Gasteiger partial charge in [-0.2, -0.15) is 0 Å². The molecular weight excluding hydrogens is 374 g/mol. The molecule has 29 heavy (non-hydrogen) atoms. The third-order valence-electron chi connectivity index (χ3n) is 3.67. The van der Waals surface area contributed by atoms with Gasteiger partial charge in [0.1, 0.15) is 23.0 Å². The van der Waals surface area contributed by atoms with Crippen LogP contribution in [0.25, 0.3) is 11.4 Å². The monoisotopic (exact) mass is 395 g/mol. The number of hydrogen-bond donors (Lipinski definition) is 1. The zero-order valence-electron chi connectivity index (χ0n) is 16.5. The maximum atomic E-state index is 11.9. The van der Waals surface area contributed by atoms with Crippen LogP contribution >= 0.6 is 0 Å². The Morgan fingerprint density at radius 2 is 1.83 bits per heavy atom. The fraction of sp³-hybridized carbons (Fsp3) is 0.250. The third kappa shape index (κ3) is 5.16. The van der Waals surface area contributed by atoms with E-state index in [0.29, 0.717) is 22.9 Å². The van der Waals surface area contributed by atoms with Gasteiger partial charge in [0.25, 0.3) is 11.5 Å². The fourth-order valence-electron chi connectivity index (χ4n) is 2.45. The zero-order valence-corrected chi connectivity index (χ0v) is 16.5. The topological polar surface area (TPSA) is 110 Å². The van der Waals surface area contributed by atoms with Crippen molar-refractivity contribution in [2.75, 3.05) is 14.1 Å². The van der Waals surface area contributed by atoms with E-state index >= 15 is 0 Å². The van der Waals surface area contributed by atoms with Crippen molar-refractivity contribution in [3.63, 3.8) is 0 Å². The second kappa shape index (κ2) is 8.51. The summed E-state index contributed by atoms with van der Waals surface area (Å²) >= 11 is 0. The number of nitrogens with one attached hydrogen (secondary N) is 1. The molecule has 0 atom stereocenters. The highest BCUT2D eigenvalue weighted by Crippen LogP contribution is 2.30. The van der Waals surface area contributed by atoms with Crippen LogP contribution in [0.4, 0.5) is 0 Å². The highest BCUT2D eigenvalue weighted by molar-refractivity contribution is 5.91. The molecule has 3 rings (SSSR count). The molecule has 0 aliphatic heterocycles. The molecule has 0 aliphatic carbocycles. The molecule has 0 spiro atoms. The van der Waals surface area contributed by atoms with Crippen molar-refractivity contribution in [1.82, 2.24) is 24.8 Å². The molecular formula is C20H21N5O4. The van der Waals surface area contributed by atoms with Crippen LogP contribution in [0.5, 0.6) is 17.4 Å². The Kier molecular flexibility index (Phi) is 5.87. The van der Waals surface area contributed by atoms with Gasteiger partial charge >= 0.3 is 0 Å². The van der Waals surface area contributed by atoms with E-state index in [1.165, 1.54) is 29.6 Å². The van der Waals surface area contributed by atoms with Gasteiger partial charge < -0.3 is 19.4 Å². The normalized spacial score (nSPS) is 10.7. The van der Waals surface area contributed by atoms with E-state index in [9.17, 15) is 9.59 Å². The molecule has 0 unspecified atom stereocenters. The van der Waals surface area contributed by atoms with Gasteiger partial charge in [-0.25, -0.2) is 15.0 Å². The molecule has 150 valence electrons. The minimum Gasteiger partial charge on any atom is -0.491 e. The number of benzene rings is 1. The predicted octanol–water partition coefficient (Wildman–Crippen LogP) is 2.51. The zero-order chi connectivity index (χ0) is 21.0. The standard InChI is InChI=1S/C20H21N5O4/c1-12(2)28-14-7-13(19-21-6-5-17(26)24-19)8-15(9-14)29-18-11-22-16(10-23-18)20(27)25(3)4/h5-12H,1-4H3,(H,21,24,26). The van der Waals surface area contributed by atoms with Gasteiger partial charge in [-0.3, -0.25) is 9.59 Å². The number of aromatic nitrogens is 4. The summed E-state index contributed by atoms with van der Waals surface area (Å²) in [6.45, 7) is 3.81. The average molecular weight is 395 g/mol. The fourth-order valence-corrected chi connectivity index (χ4v) is 2.45. The van der Waals surface area contributed by atoms with Gasteiger partial charge in [0.05, 0.1) is 18.5 Å². The number of ether oxygens (including phenoxy) is 2. The number of carbonyl (C=O) groups excluding carboxylic acids is 1. The minimum atomic E-state index is -0.264. The first kappa shape index (κ1) is 20.0. The number of hydrogen-bond acceptors (Lipinski definition) is 7. The van der Waals surface area contributed by atoms with E-state index in [4.69, 9.17) is 9.47 Å². The lowest BCUT2D eigenvalue weighted by Gasteiger charge is -2.14. The number of carbonyl (C=O) groups is 1. The third-order valence-corrected chi connectivity index (χ3v) is 3.67. The van der Waals surface area contributed by atoms with E-state index < -0.39 is 0 Å². The maximum Gasteiger partial charge on any atom is 0.273 e. The van der Waals surface area contributed by atoms with E-state index in [1.807, 2.05) is 13.8 Å². The first-order valence-electron chi connectivity index (χ1n) is 8.91. The maximum absolute atomic E-state index is 11.9. The van der Waals surface area contributed by atoms with E-state index in [0.717, 1.165) is 0 Å². The number of nitrogens with zero attached hydrogens (tertiary/aromatic N) is 4. The molecule has 0 fully saturated rings. The van der Waals surface area contributed by atoms with Gasteiger partial charge in [0.2, 0.25) is 5.88 Å². The second-order valence-corrected chi connectivity index (χ2v) is 6.68. The number of H-pyrrole nitrogens is 1. The van der Waals surface area contributed by atoms with E-state index in [1.54, 1.807) is 32.3 Å². The van der Waals surface area contributed by atoms with Gasteiger partial charge in [-0.05, 0) is 26.0 Å². The highest BCUT2D eigenvalue weighted by Gasteiger charge is 2.12. The quantitative estimate of drug-likeness (QED) is 0.683. The summed E-state index contributed by atoms with van der Waals surface area (Å²) in [4.78, 5) is 40.1. The van der Waals surface area contributed by atoms with Crippen molar-refractivity contribution in [3.05, 3.63) is 58.9 Å². The lowest BCUT2D eigenvalue weighted by atomic mass is 10.2. The molecule has 1 aromatic carbocycles. The SMILES string of the molecule is CC(C)Oc1cc(Oc2cnc(C(=O)N(C)C)cn2)cc(-c2nccc(=O)[nH]2)c1. The van der Waals surface area contributed by atoms with Crippen molar-refractivity contribution in [3.8, 4) is 28.8 Å². The lowest BCUT2D eigenvalue weighted by molar-refractivity contribution is 0.0821. The van der Waals surface area contributed by atoms with Crippen LogP contribution < -0.4 is 15.0 Å². The summed E-state index contributed by atoms with van der Waals surface area (Å²) in [6, 6.07) is 6.49. The number of rotatable bonds is 6. The first-order valence-corrected chi connectivity index (χ1v) is 8.91. The van der Waals surface area contributed by atoms with Crippen LogP contribution in [0.3, 0.4) is 0 Å². The molecule has 0 radical (unpaired) electrons. The van der Waals surface area contributed by atoms with Crippen molar-refractivity contribution in [2.24, 2.45) is 0 Å². The molecule has 0 saturated carbocycles. The van der Waals surface area contributed by atoms with Crippen molar-refractivity contribution in [1.29, 1.82) is 0 Å². The minimum absolute atomic E-state index is 0.0583. The molecule has 9 nitrogen and oxygen atoms in total. The number of aromatic amines is 1. The summed E-state index contributed by atoms with van der Waals surface area (Å²) in [5.74, 6) is 1.31. The Hall–Kier alpha value is -3.75. The summed E-state index contributed by atoms with van der Waals surface area (Å²) < 4.78 is 11.6. The summed E-state index contributed by atoms with van der Waals surface area (Å²) in [7, 11) is 3.27. The Morgan fingerprint density at radius 1 is 1.07 bits per heavy atom. The molecule has 3 aromatic rings. The Morgan fingerprint density at radius 3 is 2.45 bits per heavy atom. The molecule has 9 heteroatoms. The van der Waals surface area contributed by atoms with Crippen molar-refractivity contribution in [2.45, 2.75) is 20.0 Å². The summed E-state index contributed by atoms with van der Waals surface area (Å²) in [6.07, 6.45) is 4.09. The van der Waals surface area contributed by atoms with Crippen LogP contribution in [0.15, 0.2) is 47.7 Å². The van der Waals surface area contributed by atoms with Crippen LogP contribution in [-0.2, 0) is 0 Å². The molecule has 1 N–H and O–H groups in total. The number of amides is 1. The van der Waals surface area contributed by atoms with Crippen molar-refractivity contribution >= 4 is 5.91 Å². The van der Waals surface area contributed by atoms with Gasteiger partial charge in [-0.15, -0.1) is 0 Å². The van der Waals surface area contributed by atoms with Crippen LogP contribution in [0.1, 0.15) is 24.3 Å². The molecule has 1 amide bonds. The Balaban J connectivity index is 1.92. The van der Waals surface area contributed by atoms with Crippen LogP contribution in [0.2, 0.25) is 0 Å². The second-order valence-electron chi connectivity index (χ2n) is 6.68. The van der Waals surface area contributed by atoms with E-state index in [2.05, 4.69) is 19.9 Å². The Labute approximate surface area is 167 Å². The van der Waals surface area contributed by atoms with Gasteiger partial charge in [0, 0.05) is 38.0 Å². The predicted molar refractivity (Wildman–Crippen MR) is 106 cm³/mol. The smallest absolute Gasteiger partial charge is 0.273 e. The van der Waals surface area contributed by atoms with Gasteiger partial charge in [0.15, 0.2) is 0 Å². The van der Waals surface area contributed by atoms with Crippen molar-refractivity contribution < 1.29 is 14.3 Å². The van der Waals surface area contributed by atoms with E-state index in [-0.39, 0.29) is 29.1 Å². The molecule has 2 aromatic heterocycles. The van der Waals surface area contributed by atoms with Crippen LogP contribution in [0, 0.1) is 0 Å². The first-order chi connectivity index (χ1) is 13.8. The molecule has 0 bridgehead atoms. The molecule has 0 aliphatic rings. The molecule has 0 saturated heterocycles. The largest absolute Gasteiger partial charge is 0.491 e. The lowest BCUT2D eigenvalue weighted by Crippen LogP contribution is -2.22. The highest BCUT2D eigenvalue weighted by atomic mass is 16.5. The summed E-state index contributed by atoms with van der Waals surface area (Å²) in [5, 5.41) is 0. The molecule has 2 heterocycles. The summed E-state index contributed by atoms with van der Waals surface area (Å²) in [5.41, 5.74) is 0.564. The van der Waals surface area contributed by atoms with Gasteiger partial charge in [-0.1, -0.05) is 0 Å².